The van der Waals surface area contributed by atoms with Gasteiger partial charge in [0, 0.05) is 11.6 Å². The summed E-state index contributed by atoms with van der Waals surface area (Å²) in [7, 11) is 0. The van der Waals surface area contributed by atoms with E-state index in [2.05, 4.69) is 0 Å². The van der Waals surface area contributed by atoms with Crippen molar-refractivity contribution in [1.29, 1.82) is 0 Å². The molecule has 0 aliphatic carbocycles. The van der Waals surface area contributed by atoms with E-state index in [1.807, 2.05) is 0 Å². The second-order valence-electron chi connectivity index (χ2n) is 2.86. The third-order valence-electron chi connectivity index (χ3n) is 1.90. The molecule has 0 amide bonds. The molecule has 3 nitrogen and oxygen atoms in total. The van der Waals surface area contributed by atoms with Crippen LogP contribution in [0.15, 0.2) is 18.2 Å². The van der Waals surface area contributed by atoms with Crippen LogP contribution in [0.5, 0.6) is 5.75 Å². The Bertz CT molecular complexity index is 296. The first-order chi connectivity index (χ1) is 6.16. The van der Waals surface area contributed by atoms with Crippen molar-refractivity contribution in [3.63, 3.8) is 0 Å². The highest BCUT2D eigenvalue weighted by molar-refractivity contribution is 5.85. The second-order valence-corrected chi connectivity index (χ2v) is 2.86. The molecule has 0 bridgehead atoms. The van der Waals surface area contributed by atoms with Crippen molar-refractivity contribution < 1.29 is 9.50 Å². The summed E-state index contributed by atoms with van der Waals surface area (Å²) >= 11 is 0. The van der Waals surface area contributed by atoms with E-state index >= 15 is 0 Å². The quantitative estimate of drug-likeness (QED) is 0.719. The molecule has 0 fully saturated rings. The molecule has 1 atom stereocenters. The van der Waals surface area contributed by atoms with Crippen LogP contribution in [0.4, 0.5) is 4.39 Å². The van der Waals surface area contributed by atoms with Gasteiger partial charge in [0.15, 0.2) is 11.6 Å². The summed E-state index contributed by atoms with van der Waals surface area (Å²) < 4.78 is 12.8. The van der Waals surface area contributed by atoms with Crippen LogP contribution in [0.1, 0.15) is 18.0 Å². The minimum atomic E-state index is -0.648. The Morgan fingerprint density at radius 2 is 2.07 bits per heavy atom. The summed E-state index contributed by atoms with van der Waals surface area (Å²) in [5.74, 6) is -1.02. The van der Waals surface area contributed by atoms with E-state index < -0.39 is 11.9 Å². The number of phenols is 1. The van der Waals surface area contributed by atoms with Gasteiger partial charge in [-0.1, -0.05) is 12.1 Å². The van der Waals surface area contributed by atoms with E-state index in [0.29, 0.717) is 18.5 Å². The second kappa shape index (κ2) is 5.80. The van der Waals surface area contributed by atoms with Crippen LogP contribution in [0.25, 0.3) is 0 Å². The van der Waals surface area contributed by atoms with E-state index in [-0.39, 0.29) is 18.2 Å². The number of hydrogen-bond donors (Lipinski definition) is 3. The van der Waals surface area contributed by atoms with Gasteiger partial charge in [-0.05, 0) is 19.0 Å². The van der Waals surface area contributed by atoms with Gasteiger partial charge in [0.25, 0.3) is 0 Å². The first-order valence-corrected chi connectivity index (χ1v) is 4.10. The summed E-state index contributed by atoms with van der Waals surface area (Å²) in [6.07, 6.45) is 0.525. The number of halogens is 2. The van der Waals surface area contributed by atoms with Crippen molar-refractivity contribution in [1.82, 2.24) is 0 Å². The Labute approximate surface area is 88.3 Å². The molecule has 5 N–H and O–H groups in total. The number of phenolic OH excluding ortho intramolecular Hbond substituents is 1. The van der Waals surface area contributed by atoms with Gasteiger partial charge in [-0.3, -0.25) is 0 Å². The minimum Gasteiger partial charge on any atom is -0.505 e. The molecular formula is C9H14ClFN2O. The largest absolute Gasteiger partial charge is 0.505 e. The Morgan fingerprint density at radius 3 is 2.64 bits per heavy atom. The number of aromatic hydroxyl groups is 1. The maximum absolute atomic E-state index is 12.8. The Balaban J connectivity index is 0.00000169. The van der Waals surface area contributed by atoms with Gasteiger partial charge in [0.05, 0.1) is 0 Å². The van der Waals surface area contributed by atoms with Gasteiger partial charge in [-0.25, -0.2) is 4.39 Å². The maximum Gasteiger partial charge on any atom is 0.165 e. The lowest BCUT2D eigenvalue weighted by Crippen LogP contribution is -2.15. The lowest BCUT2D eigenvalue weighted by Gasteiger charge is -2.12. The van der Waals surface area contributed by atoms with Crippen molar-refractivity contribution in [2.75, 3.05) is 6.54 Å². The molecule has 0 aromatic heterocycles. The van der Waals surface area contributed by atoms with Gasteiger partial charge in [-0.2, -0.15) is 0 Å². The molecule has 0 heterocycles. The Kier molecular flexibility index (Phi) is 5.45. The topological polar surface area (TPSA) is 72.3 Å². The summed E-state index contributed by atoms with van der Waals surface area (Å²) in [5, 5.41) is 9.30. The van der Waals surface area contributed by atoms with Crippen molar-refractivity contribution in [2.45, 2.75) is 12.5 Å². The number of hydrogen-bond acceptors (Lipinski definition) is 3. The van der Waals surface area contributed by atoms with Crippen molar-refractivity contribution in [3.05, 3.63) is 29.6 Å². The zero-order valence-corrected chi connectivity index (χ0v) is 8.43. The van der Waals surface area contributed by atoms with E-state index in [4.69, 9.17) is 11.5 Å². The summed E-state index contributed by atoms with van der Waals surface area (Å²) in [6.45, 7) is 0.414. The predicted octanol–water partition coefficient (Wildman–Crippen LogP) is 1.30. The third kappa shape index (κ3) is 2.83. The first kappa shape index (κ1) is 13.2. The smallest absolute Gasteiger partial charge is 0.165 e. The highest BCUT2D eigenvalue weighted by Crippen LogP contribution is 2.26. The summed E-state index contributed by atoms with van der Waals surface area (Å²) in [6, 6.07) is 3.90. The molecular weight excluding hydrogens is 207 g/mol. The van der Waals surface area contributed by atoms with Gasteiger partial charge in [0.1, 0.15) is 0 Å². The van der Waals surface area contributed by atoms with Crippen LogP contribution in [-0.2, 0) is 0 Å². The summed E-state index contributed by atoms with van der Waals surface area (Å²) in [5.41, 5.74) is 11.4. The molecule has 0 aliphatic rings. The average molecular weight is 221 g/mol. The molecule has 0 saturated heterocycles. The standard InChI is InChI=1S/C9H13FN2O.ClH/c10-7-3-1-2-6(9(7)13)8(12)4-5-11;/h1-3,8,13H,4-5,11-12H2;1H/t8-;/m0./s1. The molecule has 14 heavy (non-hydrogen) atoms. The number of para-hydroxylation sites is 1. The number of benzene rings is 1. The lowest BCUT2D eigenvalue weighted by molar-refractivity contribution is 0.419. The zero-order chi connectivity index (χ0) is 9.84. The van der Waals surface area contributed by atoms with Gasteiger partial charge in [0.2, 0.25) is 0 Å². The van der Waals surface area contributed by atoms with Crippen LogP contribution in [-0.4, -0.2) is 11.7 Å². The minimum absolute atomic E-state index is 0. The molecule has 0 unspecified atom stereocenters. The van der Waals surface area contributed by atoms with E-state index in [1.54, 1.807) is 6.07 Å². The Hall–Kier alpha value is -0.840. The lowest BCUT2D eigenvalue weighted by atomic mass is 10.0. The van der Waals surface area contributed by atoms with Crippen molar-refractivity contribution in [2.24, 2.45) is 11.5 Å². The normalized spacial score (nSPS) is 11.9. The van der Waals surface area contributed by atoms with Crippen molar-refractivity contribution in [3.8, 4) is 5.75 Å². The van der Waals surface area contributed by atoms with E-state index in [1.165, 1.54) is 12.1 Å². The predicted molar refractivity (Wildman–Crippen MR) is 55.9 cm³/mol. The highest BCUT2D eigenvalue weighted by atomic mass is 35.5. The van der Waals surface area contributed by atoms with Crippen LogP contribution in [0, 0.1) is 5.82 Å². The molecule has 1 rings (SSSR count). The molecule has 0 spiro atoms. The first-order valence-electron chi connectivity index (χ1n) is 4.10. The molecule has 0 aliphatic heterocycles. The van der Waals surface area contributed by atoms with E-state index in [9.17, 15) is 9.50 Å². The molecule has 1 aromatic rings. The molecule has 80 valence electrons. The fourth-order valence-electron chi connectivity index (χ4n) is 1.17. The third-order valence-corrected chi connectivity index (χ3v) is 1.90. The monoisotopic (exact) mass is 220 g/mol. The SMILES string of the molecule is Cl.NCC[C@H](N)c1cccc(F)c1O. The van der Waals surface area contributed by atoms with Crippen LogP contribution in [0.3, 0.4) is 0 Å². The maximum atomic E-state index is 12.8. The molecule has 0 radical (unpaired) electrons. The van der Waals surface area contributed by atoms with E-state index in [0.717, 1.165) is 0 Å². The Morgan fingerprint density at radius 1 is 1.43 bits per heavy atom. The zero-order valence-electron chi connectivity index (χ0n) is 7.61. The van der Waals surface area contributed by atoms with Gasteiger partial charge >= 0.3 is 0 Å². The molecule has 5 heteroatoms. The highest BCUT2D eigenvalue weighted by Gasteiger charge is 2.12. The number of nitrogens with two attached hydrogens (primary N) is 2. The van der Waals surface area contributed by atoms with Crippen molar-refractivity contribution >= 4 is 12.4 Å². The molecule has 0 saturated carbocycles. The van der Waals surface area contributed by atoms with Crippen LogP contribution in [0.2, 0.25) is 0 Å². The summed E-state index contributed by atoms with van der Waals surface area (Å²) in [4.78, 5) is 0. The van der Waals surface area contributed by atoms with Crippen LogP contribution >= 0.6 is 12.4 Å². The fraction of sp³-hybridized carbons (Fsp3) is 0.333. The fourth-order valence-corrected chi connectivity index (χ4v) is 1.17. The van der Waals surface area contributed by atoms with Gasteiger partial charge in [-0.15, -0.1) is 12.4 Å². The van der Waals surface area contributed by atoms with Crippen LogP contribution < -0.4 is 11.5 Å². The van der Waals surface area contributed by atoms with Gasteiger partial charge < -0.3 is 16.6 Å². The number of rotatable bonds is 3. The molecule has 1 aromatic carbocycles. The average Bonchev–Trinajstić information content (AvgIpc) is 2.10.